The molecule has 4 N–H and O–H groups in total. The van der Waals surface area contributed by atoms with E-state index in [1.807, 2.05) is 25.1 Å². The summed E-state index contributed by atoms with van der Waals surface area (Å²) in [4.78, 5) is 15.5. The summed E-state index contributed by atoms with van der Waals surface area (Å²) in [6, 6.07) is 5.55. The zero-order valence-corrected chi connectivity index (χ0v) is 11.2. The van der Waals surface area contributed by atoms with E-state index in [1.165, 1.54) is 6.33 Å². The van der Waals surface area contributed by atoms with Crippen LogP contribution in [0.4, 0.5) is 11.6 Å². The Labute approximate surface area is 116 Å². The highest BCUT2D eigenvalue weighted by Gasteiger charge is 2.06. The predicted octanol–water partition coefficient (Wildman–Crippen LogP) is 1.36. The molecule has 2 rings (SSSR count). The number of amides is 1. The fraction of sp³-hybridized carbons (Fsp3) is 0.308. The van der Waals surface area contributed by atoms with Crippen LogP contribution in [0.15, 0.2) is 24.5 Å². The second-order valence-corrected chi connectivity index (χ2v) is 4.19. The van der Waals surface area contributed by atoms with Crippen molar-refractivity contribution >= 4 is 17.5 Å². The summed E-state index contributed by atoms with van der Waals surface area (Å²) in [5, 5.41) is 8.83. The fourth-order valence-electron chi connectivity index (χ4n) is 1.76. The van der Waals surface area contributed by atoms with Crippen LogP contribution in [0.5, 0.6) is 5.75 Å². The maximum atomic E-state index is 11.7. The third kappa shape index (κ3) is 3.71. The van der Waals surface area contributed by atoms with Crippen molar-refractivity contribution in [2.45, 2.75) is 19.8 Å². The first-order valence-electron chi connectivity index (χ1n) is 6.35. The molecule has 0 spiro atoms. The third-order valence-corrected chi connectivity index (χ3v) is 2.69. The average molecular weight is 275 g/mol. The van der Waals surface area contributed by atoms with Gasteiger partial charge in [-0.15, -0.1) is 0 Å². The molecule has 0 aliphatic carbocycles. The van der Waals surface area contributed by atoms with E-state index in [4.69, 9.17) is 10.5 Å². The maximum absolute atomic E-state index is 11.7. The van der Waals surface area contributed by atoms with E-state index in [0.29, 0.717) is 36.8 Å². The first kappa shape index (κ1) is 13.9. The number of aromatic nitrogens is 3. The number of hydrogen-bond acceptors (Lipinski definition) is 5. The standard InChI is InChI=1S/C13H17N5O2/c1-2-20-11-5-3-9(7-10(11)14)4-6-12(19)17-13-15-8-16-18-13/h3,5,7-8H,2,4,6,14H2,1H3,(H2,15,16,17,18,19). The van der Waals surface area contributed by atoms with Gasteiger partial charge >= 0.3 is 0 Å². The highest BCUT2D eigenvalue weighted by molar-refractivity contribution is 5.88. The number of benzene rings is 1. The molecule has 0 saturated carbocycles. The van der Waals surface area contributed by atoms with Crippen molar-refractivity contribution in [3.8, 4) is 5.75 Å². The predicted molar refractivity (Wildman–Crippen MR) is 75.4 cm³/mol. The van der Waals surface area contributed by atoms with Crippen LogP contribution in [0.3, 0.4) is 0 Å². The van der Waals surface area contributed by atoms with Crippen LogP contribution in [-0.4, -0.2) is 27.7 Å². The molecule has 7 nitrogen and oxygen atoms in total. The minimum atomic E-state index is -0.130. The molecule has 0 bridgehead atoms. The number of nitrogens with one attached hydrogen (secondary N) is 2. The molecular weight excluding hydrogens is 258 g/mol. The summed E-state index contributed by atoms with van der Waals surface area (Å²) in [5.41, 5.74) is 7.44. The summed E-state index contributed by atoms with van der Waals surface area (Å²) >= 11 is 0. The van der Waals surface area contributed by atoms with Gasteiger partial charge < -0.3 is 10.5 Å². The summed E-state index contributed by atoms with van der Waals surface area (Å²) in [6.07, 6.45) is 2.27. The molecule has 7 heteroatoms. The lowest BCUT2D eigenvalue weighted by molar-refractivity contribution is -0.116. The molecule has 0 unspecified atom stereocenters. The first-order valence-corrected chi connectivity index (χ1v) is 6.35. The number of H-pyrrole nitrogens is 1. The van der Waals surface area contributed by atoms with Crippen LogP contribution < -0.4 is 15.8 Å². The molecule has 20 heavy (non-hydrogen) atoms. The minimum absolute atomic E-state index is 0.130. The Morgan fingerprint density at radius 3 is 3.00 bits per heavy atom. The normalized spacial score (nSPS) is 10.2. The van der Waals surface area contributed by atoms with Gasteiger partial charge in [0.25, 0.3) is 0 Å². The lowest BCUT2D eigenvalue weighted by atomic mass is 10.1. The zero-order valence-electron chi connectivity index (χ0n) is 11.2. The average Bonchev–Trinajstić information content (AvgIpc) is 2.92. The number of aromatic amines is 1. The van der Waals surface area contributed by atoms with Gasteiger partial charge in [0, 0.05) is 6.42 Å². The van der Waals surface area contributed by atoms with E-state index in [2.05, 4.69) is 20.5 Å². The molecular formula is C13H17N5O2. The van der Waals surface area contributed by atoms with Gasteiger partial charge in [-0.3, -0.25) is 10.1 Å². The Kier molecular flexibility index (Phi) is 4.54. The number of aryl methyl sites for hydroxylation is 1. The summed E-state index contributed by atoms with van der Waals surface area (Å²) in [5.74, 6) is 0.887. The fourth-order valence-corrected chi connectivity index (χ4v) is 1.76. The third-order valence-electron chi connectivity index (χ3n) is 2.69. The zero-order chi connectivity index (χ0) is 14.4. The van der Waals surface area contributed by atoms with Gasteiger partial charge in [-0.1, -0.05) is 6.07 Å². The van der Waals surface area contributed by atoms with Crippen molar-refractivity contribution in [2.24, 2.45) is 0 Å². The molecule has 1 amide bonds. The monoisotopic (exact) mass is 275 g/mol. The number of carbonyl (C=O) groups is 1. The van der Waals surface area contributed by atoms with E-state index in [-0.39, 0.29) is 5.91 Å². The quantitative estimate of drug-likeness (QED) is 0.690. The van der Waals surface area contributed by atoms with Crippen LogP contribution in [-0.2, 0) is 11.2 Å². The lowest BCUT2D eigenvalue weighted by Gasteiger charge is -2.08. The van der Waals surface area contributed by atoms with Crippen LogP contribution in [0.25, 0.3) is 0 Å². The second-order valence-electron chi connectivity index (χ2n) is 4.19. The highest BCUT2D eigenvalue weighted by Crippen LogP contribution is 2.23. The van der Waals surface area contributed by atoms with E-state index >= 15 is 0 Å². The van der Waals surface area contributed by atoms with Crippen molar-refractivity contribution in [3.05, 3.63) is 30.1 Å². The van der Waals surface area contributed by atoms with Crippen molar-refractivity contribution in [3.63, 3.8) is 0 Å². The van der Waals surface area contributed by atoms with Crippen LogP contribution in [0, 0.1) is 0 Å². The molecule has 1 aromatic heterocycles. The van der Waals surface area contributed by atoms with Crippen LogP contribution in [0.1, 0.15) is 18.9 Å². The van der Waals surface area contributed by atoms with Gasteiger partial charge in [0.2, 0.25) is 11.9 Å². The van der Waals surface area contributed by atoms with E-state index in [9.17, 15) is 4.79 Å². The number of hydrogen-bond donors (Lipinski definition) is 3. The molecule has 0 fully saturated rings. The van der Waals surface area contributed by atoms with Crippen LogP contribution >= 0.6 is 0 Å². The van der Waals surface area contributed by atoms with Crippen molar-refractivity contribution in [2.75, 3.05) is 17.7 Å². The first-order chi connectivity index (χ1) is 9.69. The number of rotatable bonds is 6. The highest BCUT2D eigenvalue weighted by atomic mass is 16.5. The van der Waals surface area contributed by atoms with Gasteiger partial charge in [-0.05, 0) is 31.0 Å². The summed E-state index contributed by atoms with van der Waals surface area (Å²) in [6.45, 7) is 2.48. The SMILES string of the molecule is CCOc1ccc(CCC(=O)Nc2ncn[nH]2)cc1N. The minimum Gasteiger partial charge on any atom is -0.492 e. The number of nitrogens with two attached hydrogens (primary N) is 1. The lowest BCUT2D eigenvalue weighted by Crippen LogP contribution is -2.13. The topological polar surface area (TPSA) is 106 Å². The molecule has 0 aliphatic heterocycles. The van der Waals surface area contributed by atoms with Gasteiger partial charge in [0.15, 0.2) is 0 Å². The number of anilines is 2. The molecule has 106 valence electrons. The smallest absolute Gasteiger partial charge is 0.227 e. The number of ether oxygens (including phenoxy) is 1. The van der Waals surface area contributed by atoms with Crippen molar-refractivity contribution in [1.82, 2.24) is 15.2 Å². The van der Waals surface area contributed by atoms with Gasteiger partial charge in [-0.2, -0.15) is 10.1 Å². The van der Waals surface area contributed by atoms with Gasteiger partial charge in [0.05, 0.1) is 12.3 Å². The van der Waals surface area contributed by atoms with E-state index in [0.717, 1.165) is 5.56 Å². The Morgan fingerprint density at radius 1 is 1.50 bits per heavy atom. The Bertz CT molecular complexity index is 568. The van der Waals surface area contributed by atoms with Gasteiger partial charge in [0.1, 0.15) is 12.1 Å². The summed E-state index contributed by atoms with van der Waals surface area (Å²) in [7, 11) is 0. The van der Waals surface area contributed by atoms with E-state index in [1.54, 1.807) is 0 Å². The van der Waals surface area contributed by atoms with Crippen LogP contribution in [0.2, 0.25) is 0 Å². The molecule has 1 heterocycles. The molecule has 0 atom stereocenters. The Morgan fingerprint density at radius 2 is 2.35 bits per heavy atom. The molecule has 0 aliphatic rings. The van der Waals surface area contributed by atoms with Crippen molar-refractivity contribution in [1.29, 1.82) is 0 Å². The van der Waals surface area contributed by atoms with Gasteiger partial charge in [-0.25, -0.2) is 5.10 Å². The van der Waals surface area contributed by atoms with E-state index < -0.39 is 0 Å². The Balaban J connectivity index is 1.87. The second kappa shape index (κ2) is 6.55. The number of nitrogen functional groups attached to an aromatic ring is 1. The molecule has 1 aromatic carbocycles. The number of nitrogens with zero attached hydrogens (tertiary/aromatic N) is 2. The molecule has 0 radical (unpaired) electrons. The molecule has 0 saturated heterocycles. The Hall–Kier alpha value is -2.57. The summed E-state index contributed by atoms with van der Waals surface area (Å²) < 4.78 is 5.36. The molecule has 2 aromatic rings. The number of carbonyl (C=O) groups excluding carboxylic acids is 1. The maximum Gasteiger partial charge on any atom is 0.227 e. The largest absolute Gasteiger partial charge is 0.492 e. The van der Waals surface area contributed by atoms with Crippen molar-refractivity contribution < 1.29 is 9.53 Å².